The van der Waals surface area contributed by atoms with Gasteiger partial charge in [-0.15, -0.1) is 0 Å². The Morgan fingerprint density at radius 2 is 2.00 bits per heavy atom. The quantitative estimate of drug-likeness (QED) is 0.643. The molecule has 0 bridgehead atoms. The molecule has 11 heavy (non-hydrogen) atoms. The molecule has 0 aromatic heterocycles. The number of hydrogen-bond acceptors (Lipinski definition) is 1. The zero-order chi connectivity index (χ0) is 8.27. The van der Waals surface area contributed by atoms with Gasteiger partial charge in [0.2, 0.25) is 0 Å². The standard InChI is InChI=1S/C10H21N/c1-4-8(2)9(3)11-7-10-5-6-10/h8-11H,4-7H2,1-3H3. The van der Waals surface area contributed by atoms with Gasteiger partial charge in [-0.2, -0.15) is 0 Å². The Labute approximate surface area is 70.6 Å². The molecule has 1 fully saturated rings. The Morgan fingerprint density at radius 1 is 1.36 bits per heavy atom. The fraction of sp³-hybridized carbons (Fsp3) is 1.00. The third kappa shape index (κ3) is 3.24. The normalized spacial score (nSPS) is 23.2. The second-order valence-electron chi connectivity index (χ2n) is 4.03. The summed E-state index contributed by atoms with van der Waals surface area (Å²) in [6, 6.07) is 0.709. The van der Waals surface area contributed by atoms with Gasteiger partial charge in [-0.25, -0.2) is 0 Å². The van der Waals surface area contributed by atoms with Crippen LogP contribution >= 0.6 is 0 Å². The number of hydrogen-bond donors (Lipinski definition) is 1. The van der Waals surface area contributed by atoms with Gasteiger partial charge in [0.1, 0.15) is 0 Å². The average molecular weight is 155 g/mol. The van der Waals surface area contributed by atoms with Crippen LogP contribution in [0.15, 0.2) is 0 Å². The molecule has 1 N–H and O–H groups in total. The van der Waals surface area contributed by atoms with Crippen LogP contribution in [0, 0.1) is 11.8 Å². The van der Waals surface area contributed by atoms with Gasteiger partial charge in [-0.1, -0.05) is 20.3 Å². The van der Waals surface area contributed by atoms with Gasteiger partial charge in [0, 0.05) is 6.04 Å². The summed E-state index contributed by atoms with van der Waals surface area (Å²) in [6.07, 6.45) is 4.21. The lowest BCUT2D eigenvalue weighted by Gasteiger charge is -2.19. The van der Waals surface area contributed by atoms with Crippen molar-refractivity contribution < 1.29 is 0 Å². The SMILES string of the molecule is CCC(C)C(C)NCC1CC1. The first-order valence-electron chi connectivity index (χ1n) is 4.97. The number of nitrogens with one attached hydrogen (secondary N) is 1. The second-order valence-corrected chi connectivity index (χ2v) is 4.03. The maximum absolute atomic E-state index is 3.60. The Hall–Kier alpha value is -0.0400. The highest BCUT2D eigenvalue weighted by molar-refractivity contribution is 4.78. The van der Waals surface area contributed by atoms with Crippen LogP contribution in [-0.2, 0) is 0 Å². The molecule has 1 rings (SSSR count). The van der Waals surface area contributed by atoms with Crippen LogP contribution in [0.3, 0.4) is 0 Å². The maximum Gasteiger partial charge on any atom is 0.00643 e. The van der Waals surface area contributed by atoms with E-state index >= 15 is 0 Å². The van der Waals surface area contributed by atoms with Crippen LogP contribution in [0.2, 0.25) is 0 Å². The summed E-state index contributed by atoms with van der Waals surface area (Å²) in [4.78, 5) is 0. The summed E-state index contributed by atoms with van der Waals surface area (Å²) >= 11 is 0. The minimum absolute atomic E-state index is 0.709. The molecule has 2 atom stereocenters. The van der Waals surface area contributed by atoms with Crippen LogP contribution in [-0.4, -0.2) is 12.6 Å². The molecular formula is C10H21N. The average Bonchev–Trinajstić information content (AvgIpc) is 2.81. The summed E-state index contributed by atoms with van der Waals surface area (Å²) in [7, 11) is 0. The van der Waals surface area contributed by atoms with Crippen LogP contribution in [0.4, 0.5) is 0 Å². The van der Waals surface area contributed by atoms with Crippen molar-refractivity contribution in [1.82, 2.24) is 5.32 Å². The van der Waals surface area contributed by atoms with E-state index in [2.05, 4.69) is 26.1 Å². The van der Waals surface area contributed by atoms with Crippen molar-refractivity contribution in [3.63, 3.8) is 0 Å². The van der Waals surface area contributed by atoms with E-state index < -0.39 is 0 Å². The van der Waals surface area contributed by atoms with E-state index in [0.717, 1.165) is 11.8 Å². The lowest BCUT2D eigenvalue weighted by Crippen LogP contribution is -2.33. The summed E-state index contributed by atoms with van der Waals surface area (Å²) in [5, 5.41) is 3.60. The molecule has 0 heterocycles. The van der Waals surface area contributed by atoms with Crippen molar-refractivity contribution in [2.45, 2.75) is 46.1 Å². The van der Waals surface area contributed by atoms with Crippen LogP contribution < -0.4 is 5.32 Å². The van der Waals surface area contributed by atoms with Gasteiger partial charge in [-0.3, -0.25) is 0 Å². The summed E-state index contributed by atoms with van der Waals surface area (Å²) in [6.45, 7) is 8.15. The third-order valence-electron chi connectivity index (χ3n) is 2.92. The second kappa shape index (κ2) is 4.10. The van der Waals surface area contributed by atoms with Gasteiger partial charge in [-0.05, 0) is 38.1 Å². The highest BCUT2D eigenvalue weighted by Crippen LogP contribution is 2.27. The highest BCUT2D eigenvalue weighted by Gasteiger charge is 2.21. The fourth-order valence-corrected chi connectivity index (χ4v) is 1.23. The molecule has 0 aromatic rings. The van der Waals surface area contributed by atoms with Crippen LogP contribution in [0.25, 0.3) is 0 Å². The molecule has 66 valence electrons. The maximum atomic E-state index is 3.60. The topological polar surface area (TPSA) is 12.0 Å². The monoisotopic (exact) mass is 155 g/mol. The summed E-state index contributed by atoms with van der Waals surface area (Å²) in [5.74, 6) is 1.84. The minimum atomic E-state index is 0.709. The van der Waals surface area contributed by atoms with Crippen molar-refractivity contribution in [3.8, 4) is 0 Å². The van der Waals surface area contributed by atoms with Crippen molar-refractivity contribution in [2.75, 3.05) is 6.54 Å². The predicted molar refractivity (Wildman–Crippen MR) is 49.6 cm³/mol. The van der Waals surface area contributed by atoms with Gasteiger partial charge in [0.15, 0.2) is 0 Å². The molecular weight excluding hydrogens is 134 g/mol. The van der Waals surface area contributed by atoms with E-state index in [1.54, 1.807) is 0 Å². The molecule has 0 amide bonds. The lowest BCUT2D eigenvalue weighted by atomic mass is 10.0. The first-order valence-corrected chi connectivity index (χ1v) is 4.97. The largest absolute Gasteiger partial charge is 0.314 e. The number of rotatable bonds is 5. The molecule has 0 radical (unpaired) electrons. The first-order chi connectivity index (χ1) is 5.24. The molecule has 0 saturated heterocycles. The Balaban J connectivity index is 2.03. The third-order valence-corrected chi connectivity index (χ3v) is 2.92. The Bertz CT molecular complexity index is 107. The van der Waals surface area contributed by atoms with Crippen molar-refractivity contribution in [1.29, 1.82) is 0 Å². The zero-order valence-corrected chi connectivity index (χ0v) is 8.06. The van der Waals surface area contributed by atoms with Gasteiger partial charge >= 0.3 is 0 Å². The van der Waals surface area contributed by atoms with Gasteiger partial charge in [0.05, 0.1) is 0 Å². The van der Waals surface area contributed by atoms with Crippen LogP contribution in [0.5, 0.6) is 0 Å². The van der Waals surface area contributed by atoms with E-state index in [4.69, 9.17) is 0 Å². The highest BCUT2D eigenvalue weighted by atomic mass is 14.9. The van der Waals surface area contributed by atoms with E-state index in [-0.39, 0.29) is 0 Å². The van der Waals surface area contributed by atoms with E-state index in [1.807, 2.05) is 0 Å². The van der Waals surface area contributed by atoms with E-state index in [0.29, 0.717) is 6.04 Å². The molecule has 0 spiro atoms. The first kappa shape index (κ1) is 9.05. The van der Waals surface area contributed by atoms with Gasteiger partial charge < -0.3 is 5.32 Å². The molecule has 0 aromatic carbocycles. The van der Waals surface area contributed by atoms with Crippen molar-refractivity contribution >= 4 is 0 Å². The molecule has 1 aliphatic carbocycles. The van der Waals surface area contributed by atoms with Crippen molar-refractivity contribution in [3.05, 3.63) is 0 Å². The Kier molecular flexibility index (Phi) is 3.38. The minimum Gasteiger partial charge on any atom is -0.314 e. The molecule has 1 saturated carbocycles. The summed E-state index contributed by atoms with van der Waals surface area (Å²) < 4.78 is 0. The van der Waals surface area contributed by atoms with Crippen LogP contribution in [0.1, 0.15) is 40.0 Å². The molecule has 2 unspecified atom stereocenters. The van der Waals surface area contributed by atoms with E-state index in [1.165, 1.54) is 25.8 Å². The van der Waals surface area contributed by atoms with E-state index in [9.17, 15) is 0 Å². The molecule has 1 heteroatoms. The fourth-order valence-electron chi connectivity index (χ4n) is 1.23. The van der Waals surface area contributed by atoms with Gasteiger partial charge in [0.25, 0.3) is 0 Å². The molecule has 0 aliphatic heterocycles. The molecule has 1 aliphatic rings. The predicted octanol–water partition coefficient (Wildman–Crippen LogP) is 2.42. The van der Waals surface area contributed by atoms with Crippen molar-refractivity contribution in [2.24, 2.45) is 11.8 Å². The summed E-state index contributed by atoms with van der Waals surface area (Å²) in [5.41, 5.74) is 0. The molecule has 1 nitrogen and oxygen atoms in total. The zero-order valence-electron chi connectivity index (χ0n) is 8.06. The Morgan fingerprint density at radius 3 is 2.45 bits per heavy atom. The smallest absolute Gasteiger partial charge is 0.00643 e. The lowest BCUT2D eigenvalue weighted by molar-refractivity contribution is 0.385.